The lowest BCUT2D eigenvalue weighted by Crippen LogP contribution is -2.26. The maximum Gasteiger partial charge on any atom is 0.342 e. The number of carbonyl (C=O) groups is 1. The van der Waals surface area contributed by atoms with Crippen LogP contribution in [0.25, 0.3) is 0 Å². The molecule has 0 saturated carbocycles. The molecule has 1 heterocycles. The van der Waals surface area contributed by atoms with Gasteiger partial charge < -0.3 is 4.74 Å². The first-order chi connectivity index (χ1) is 12.8. The monoisotopic (exact) mass is 431 g/mol. The van der Waals surface area contributed by atoms with Crippen LogP contribution in [0.1, 0.15) is 19.4 Å². The molecule has 0 aliphatic rings. The van der Waals surface area contributed by atoms with Gasteiger partial charge in [-0.1, -0.05) is 35.0 Å². The second-order valence-electron chi connectivity index (χ2n) is 5.37. The van der Waals surface area contributed by atoms with Crippen molar-refractivity contribution in [2.75, 3.05) is 5.75 Å². The summed E-state index contributed by atoms with van der Waals surface area (Å²) in [4.78, 5) is 36.1. The minimum absolute atomic E-state index is 0.0342. The molecular weight excluding hydrogens is 417 g/mol. The van der Waals surface area contributed by atoms with Gasteiger partial charge in [0.05, 0.1) is 28.1 Å². The SMILES string of the molecule is CC(C)Oc1c(Cl)cc(/C=N/NC(=O)CSc2n[nH]c(=O)[nH]c2=O)cc1Cl. The minimum atomic E-state index is -0.722. The Morgan fingerprint density at radius 2 is 2.04 bits per heavy atom. The highest BCUT2D eigenvalue weighted by Crippen LogP contribution is 2.34. The Kier molecular flexibility index (Phi) is 7.45. The summed E-state index contributed by atoms with van der Waals surface area (Å²) < 4.78 is 5.53. The number of H-pyrrole nitrogens is 2. The number of nitrogens with zero attached hydrogens (tertiary/aromatic N) is 2. The van der Waals surface area contributed by atoms with Crippen molar-refractivity contribution < 1.29 is 9.53 Å². The fourth-order valence-electron chi connectivity index (χ4n) is 1.78. The summed E-state index contributed by atoms with van der Waals surface area (Å²) in [5, 5.41) is 10.0. The summed E-state index contributed by atoms with van der Waals surface area (Å²) in [6.07, 6.45) is 1.28. The zero-order valence-corrected chi connectivity index (χ0v) is 16.5. The number of benzene rings is 1. The van der Waals surface area contributed by atoms with Crippen LogP contribution in [-0.2, 0) is 4.79 Å². The van der Waals surface area contributed by atoms with Gasteiger partial charge in [0.15, 0.2) is 10.8 Å². The van der Waals surface area contributed by atoms with Crippen LogP contribution in [0.15, 0.2) is 31.8 Å². The predicted octanol–water partition coefficient (Wildman–Crippen LogP) is 1.79. The number of amides is 1. The van der Waals surface area contributed by atoms with E-state index >= 15 is 0 Å². The molecular formula is C15H15Cl2N5O4S. The highest BCUT2D eigenvalue weighted by Gasteiger charge is 2.11. The van der Waals surface area contributed by atoms with Crippen LogP contribution in [0.4, 0.5) is 0 Å². The Hall–Kier alpha value is -2.30. The number of aromatic amines is 2. The third-order valence-electron chi connectivity index (χ3n) is 2.80. The second kappa shape index (κ2) is 9.58. The first-order valence-corrected chi connectivity index (χ1v) is 9.30. The Bertz CT molecular complexity index is 950. The number of rotatable bonds is 7. The third kappa shape index (κ3) is 6.42. The molecule has 0 bridgehead atoms. The average Bonchev–Trinajstić information content (AvgIpc) is 2.57. The van der Waals surface area contributed by atoms with Gasteiger partial charge in [0.2, 0.25) is 5.91 Å². The fraction of sp³-hybridized carbons (Fsp3) is 0.267. The minimum Gasteiger partial charge on any atom is -0.488 e. The molecule has 0 radical (unpaired) electrons. The quantitative estimate of drug-likeness (QED) is 0.348. The van der Waals surface area contributed by atoms with Gasteiger partial charge in [-0.2, -0.15) is 10.2 Å². The van der Waals surface area contributed by atoms with Crippen LogP contribution < -0.4 is 21.4 Å². The van der Waals surface area contributed by atoms with E-state index in [-0.39, 0.29) is 16.9 Å². The van der Waals surface area contributed by atoms with Gasteiger partial charge in [-0.25, -0.2) is 15.3 Å². The number of carbonyl (C=O) groups excluding carboxylic acids is 1. The van der Waals surface area contributed by atoms with E-state index < -0.39 is 17.2 Å². The zero-order valence-electron chi connectivity index (χ0n) is 14.2. The van der Waals surface area contributed by atoms with E-state index in [0.717, 1.165) is 11.8 Å². The summed E-state index contributed by atoms with van der Waals surface area (Å²) in [5.74, 6) is -0.215. The average molecular weight is 432 g/mol. The Morgan fingerprint density at radius 1 is 1.37 bits per heavy atom. The molecule has 3 N–H and O–H groups in total. The molecule has 2 aromatic rings. The molecule has 9 nitrogen and oxygen atoms in total. The highest BCUT2D eigenvalue weighted by molar-refractivity contribution is 7.99. The summed E-state index contributed by atoms with van der Waals surface area (Å²) in [7, 11) is 0. The molecule has 12 heteroatoms. The van der Waals surface area contributed by atoms with E-state index in [1.165, 1.54) is 6.21 Å². The van der Waals surface area contributed by atoms with Crippen LogP contribution in [0.5, 0.6) is 5.75 Å². The van der Waals surface area contributed by atoms with Gasteiger partial charge in [-0.15, -0.1) is 0 Å². The van der Waals surface area contributed by atoms with Crippen LogP contribution in [-0.4, -0.2) is 39.2 Å². The molecule has 27 heavy (non-hydrogen) atoms. The first-order valence-electron chi connectivity index (χ1n) is 7.55. The van der Waals surface area contributed by atoms with Gasteiger partial charge in [-0.3, -0.25) is 14.6 Å². The number of hydrogen-bond donors (Lipinski definition) is 3. The van der Waals surface area contributed by atoms with E-state index in [2.05, 4.69) is 20.7 Å². The van der Waals surface area contributed by atoms with Crippen LogP contribution >= 0.6 is 35.0 Å². The fourth-order valence-corrected chi connectivity index (χ4v) is 3.00. The number of halogens is 2. The molecule has 1 aromatic heterocycles. The molecule has 0 aliphatic heterocycles. The molecule has 1 aromatic carbocycles. The summed E-state index contributed by atoms with van der Waals surface area (Å²) >= 11 is 13.1. The second-order valence-corrected chi connectivity index (χ2v) is 7.15. The van der Waals surface area contributed by atoms with Gasteiger partial charge in [0.1, 0.15) is 0 Å². The van der Waals surface area contributed by atoms with Gasteiger partial charge in [-0.05, 0) is 31.5 Å². The van der Waals surface area contributed by atoms with Crippen molar-refractivity contribution in [2.24, 2.45) is 5.10 Å². The van der Waals surface area contributed by atoms with Crippen molar-refractivity contribution in [1.82, 2.24) is 20.6 Å². The lowest BCUT2D eigenvalue weighted by molar-refractivity contribution is -0.118. The molecule has 1 amide bonds. The van der Waals surface area contributed by atoms with E-state index in [0.29, 0.717) is 21.4 Å². The maximum absolute atomic E-state index is 11.8. The normalized spacial score (nSPS) is 11.1. The largest absolute Gasteiger partial charge is 0.488 e. The molecule has 2 rings (SSSR count). The third-order valence-corrected chi connectivity index (χ3v) is 4.32. The number of thioether (sulfide) groups is 1. The maximum atomic E-state index is 11.8. The summed E-state index contributed by atoms with van der Waals surface area (Å²) in [6.45, 7) is 3.71. The molecule has 0 unspecified atom stereocenters. The number of nitrogens with one attached hydrogen (secondary N) is 3. The molecule has 0 spiro atoms. The first kappa shape index (κ1) is 21.0. The van der Waals surface area contributed by atoms with Gasteiger partial charge >= 0.3 is 5.69 Å². The lowest BCUT2D eigenvalue weighted by Gasteiger charge is -2.13. The molecule has 0 saturated heterocycles. The number of hydrogen-bond acceptors (Lipinski definition) is 7. The summed E-state index contributed by atoms with van der Waals surface area (Å²) in [6, 6.07) is 3.19. The molecule has 0 atom stereocenters. The zero-order chi connectivity index (χ0) is 20.0. The van der Waals surface area contributed by atoms with Crippen LogP contribution in [0, 0.1) is 0 Å². The van der Waals surface area contributed by atoms with Crippen molar-refractivity contribution in [2.45, 2.75) is 25.0 Å². The van der Waals surface area contributed by atoms with Crippen molar-refractivity contribution in [3.63, 3.8) is 0 Å². The van der Waals surface area contributed by atoms with Crippen molar-refractivity contribution >= 4 is 47.1 Å². The molecule has 0 aliphatic carbocycles. The molecule has 144 valence electrons. The van der Waals surface area contributed by atoms with Crippen molar-refractivity contribution in [3.05, 3.63) is 48.6 Å². The van der Waals surface area contributed by atoms with E-state index in [1.807, 2.05) is 18.8 Å². The van der Waals surface area contributed by atoms with Gasteiger partial charge in [0.25, 0.3) is 5.56 Å². The van der Waals surface area contributed by atoms with Crippen molar-refractivity contribution in [1.29, 1.82) is 0 Å². The predicted molar refractivity (Wildman–Crippen MR) is 104 cm³/mol. The number of ether oxygens (including phenoxy) is 1. The highest BCUT2D eigenvalue weighted by atomic mass is 35.5. The van der Waals surface area contributed by atoms with Crippen LogP contribution in [0.2, 0.25) is 10.0 Å². The Labute approximate surface area is 167 Å². The van der Waals surface area contributed by atoms with E-state index in [4.69, 9.17) is 27.9 Å². The van der Waals surface area contributed by atoms with Gasteiger partial charge in [0, 0.05) is 0 Å². The standard InChI is InChI=1S/C15H15Cl2N5O4S/c1-7(2)26-12-9(16)3-8(4-10(12)17)5-18-20-11(23)6-27-14-13(24)19-15(25)22-21-14/h3-5,7H,6H2,1-2H3,(H,20,23)(H2,19,22,24,25)/b18-5+. The number of hydrazone groups is 1. The smallest absolute Gasteiger partial charge is 0.342 e. The summed E-state index contributed by atoms with van der Waals surface area (Å²) in [5.41, 5.74) is 1.47. The Balaban J connectivity index is 1.93. The van der Waals surface area contributed by atoms with Crippen molar-refractivity contribution in [3.8, 4) is 5.75 Å². The lowest BCUT2D eigenvalue weighted by atomic mass is 10.2. The van der Waals surface area contributed by atoms with E-state index in [1.54, 1.807) is 12.1 Å². The van der Waals surface area contributed by atoms with E-state index in [9.17, 15) is 14.4 Å². The number of aromatic nitrogens is 3. The van der Waals surface area contributed by atoms with Crippen LogP contribution in [0.3, 0.4) is 0 Å². The molecule has 0 fully saturated rings. The Morgan fingerprint density at radius 3 is 2.63 bits per heavy atom. The topological polar surface area (TPSA) is 129 Å².